The van der Waals surface area contributed by atoms with Crippen molar-refractivity contribution in [2.24, 2.45) is 0 Å². The van der Waals surface area contributed by atoms with Crippen LogP contribution in [-0.2, 0) is 11.2 Å². The third-order valence-corrected chi connectivity index (χ3v) is 5.14. The van der Waals surface area contributed by atoms with Crippen molar-refractivity contribution in [2.75, 3.05) is 6.26 Å². The Hall–Kier alpha value is -2.96. The van der Waals surface area contributed by atoms with Crippen LogP contribution in [-0.4, -0.2) is 25.8 Å². The molecule has 2 aromatic carbocycles. The number of benzene rings is 2. The third-order valence-electron chi connectivity index (χ3n) is 4.20. The zero-order chi connectivity index (χ0) is 18.8. The smallest absolute Gasteiger partial charge is 0.152 e. The zero-order valence-corrected chi connectivity index (χ0v) is 15.3. The lowest BCUT2D eigenvalue weighted by atomic mass is 10.1. The lowest BCUT2D eigenvalue weighted by Gasteiger charge is -2.04. The van der Waals surface area contributed by atoms with Gasteiger partial charge < -0.3 is 9.54 Å². The first-order chi connectivity index (χ1) is 13.1. The van der Waals surface area contributed by atoms with E-state index in [4.69, 9.17) is 4.98 Å². The topological polar surface area (TPSA) is 64.6 Å². The van der Waals surface area contributed by atoms with Gasteiger partial charge in [0.1, 0.15) is 17.9 Å². The Morgan fingerprint density at radius 2 is 1.63 bits per heavy atom. The van der Waals surface area contributed by atoms with E-state index in [2.05, 4.69) is 9.97 Å². The molecule has 134 valence electrons. The lowest BCUT2D eigenvalue weighted by Crippen LogP contribution is -1.96. The largest absolute Gasteiger partial charge is 0.612 e. The van der Waals surface area contributed by atoms with Gasteiger partial charge in [-0.3, -0.25) is 4.98 Å². The van der Waals surface area contributed by atoms with Crippen LogP contribution in [0.1, 0.15) is 0 Å². The van der Waals surface area contributed by atoms with E-state index in [0.717, 1.165) is 27.4 Å². The number of aromatic nitrogens is 3. The first-order valence-electron chi connectivity index (χ1n) is 8.33. The van der Waals surface area contributed by atoms with Crippen molar-refractivity contribution in [3.8, 4) is 34.0 Å². The fraction of sp³-hybridized carbons (Fsp3) is 0.0476. The van der Waals surface area contributed by atoms with Crippen molar-refractivity contribution >= 4 is 11.2 Å². The first-order valence-corrected chi connectivity index (χ1v) is 9.89. The number of nitrogens with zero attached hydrogens (tertiary/aromatic N) is 2. The Labute approximate surface area is 159 Å². The molecule has 0 radical (unpaired) electrons. The highest BCUT2D eigenvalue weighted by Crippen LogP contribution is 2.32. The molecule has 1 N–H and O–H groups in total. The van der Waals surface area contributed by atoms with E-state index in [1.54, 1.807) is 24.6 Å². The fourth-order valence-electron chi connectivity index (χ4n) is 2.83. The molecule has 0 aliphatic rings. The van der Waals surface area contributed by atoms with Gasteiger partial charge in [0.15, 0.2) is 4.90 Å². The average Bonchev–Trinajstić information content (AvgIpc) is 3.15. The number of aromatic amines is 1. The molecule has 0 bridgehead atoms. The van der Waals surface area contributed by atoms with Gasteiger partial charge in [-0.2, -0.15) is 0 Å². The molecule has 0 aliphatic carbocycles. The molecule has 0 aliphatic heterocycles. The van der Waals surface area contributed by atoms with Crippen molar-refractivity contribution in [3.63, 3.8) is 0 Å². The van der Waals surface area contributed by atoms with Crippen molar-refractivity contribution in [1.82, 2.24) is 15.0 Å². The Kier molecular flexibility index (Phi) is 4.75. The summed E-state index contributed by atoms with van der Waals surface area (Å²) < 4.78 is 24.9. The lowest BCUT2D eigenvalue weighted by molar-refractivity contribution is 0.601. The van der Waals surface area contributed by atoms with Gasteiger partial charge in [-0.15, -0.1) is 0 Å². The van der Waals surface area contributed by atoms with Crippen molar-refractivity contribution < 1.29 is 8.94 Å². The van der Waals surface area contributed by atoms with E-state index in [9.17, 15) is 8.94 Å². The number of nitrogens with one attached hydrogen (secondary N) is 1. The van der Waals surface area contributed by atoms with Crippen molar-refractivity contribution in [1.29, 1.82) is 0 Å². The predicted octanol–water partition coefficient (Wildman–Crippen LogP) is 4.68. The van der Waals surface area contributed by atoms with Gasteiger partial charge in [0.05, 0.1) is 17.1 Å². The summed E-state index contributed by atoms with van der Waals surface area (Å²) >= 11 is -1.03. The highest BCUT2D eigenvalue weighted by molar-refractivity contribution is 7.90. The molecule has 0 amide bonds. The summed E-state index contributed by atoms with van der Waals surface area (Å²) in [5.74, 6) is 0.375. The van der Waals surface area contributed by atoms with E-state index < -0.39 is 11.2 Å². The number of imidazole rings is 1. The van der Waals surface area contributed by atoms with Gasteiger partial charge in [-0.05, 0) is 71.8 Å². The number of hydrogen-bond acceptors (Lipinski definition) is 3. The van der Waals surface area contributed by atoms with Gasteiger partial charge >= 0.3 is 0 Å². The summed E-state index contributed by atoms with van der Waals surface area (Å²) in [7, 11) is 0. The Bertz CT molecular complexity index is 1050. The second kappa shape index (κ2) is 7.34. The standard InChI is InChI=1S/C21H16FN3OS/c1-27(26)17-11-7-15(8-12-17)21-24-19(14-5-9-16(22)10-6-14)20(25-21)18-4-2-3-13-23-18/h2-13H,1H3,(H,24,25). The van der Waals surface area contributed by atoms with Crippen LogP contribution in [0, 0.1) is 5.82 Å². The van der Waals surface area contributed by atoms with Crippen LogP contribution < -0.4 is 0 Å². The van der Waals surface area contributed by atoms with Gasteiger partial charge in [0.2, 0.25) is 0 Å². The molecular formula is C21H16FN3OS. The van der Waals surface area contributed by atoms with Crippen LogP contribution >= 0.6 is 0 Å². The molecule has 2 aromatic heterocycles. The van der Waals surface area contributed by atoms with Gasteiger partial charge in [0, 0.05) is 17.3 Å². The highest BCUT2D eigenvalue weighted by Gasteiger charge is 2.16. The Morgan fingerprint density at radius 3 is 2.26 bits per heavy atom. The molecular weight excluding hydrogens is 361 g/mol. The monoisotopic (exact) mass is 377 g/mol. The van der Waals surface area contributed by atoms with Gasteiger partial charge in [-0.25, -0.2) is 9.37 Å². The molecule has 4 aromatic rings. The van der Waals surface area contributed by atoms with Crippen LogP contribution in [0.5, 0.6) is 0 Å². The molecule has 6 heteroatoms. The van der Waals surface area contributed by atoms with E-state index in [0.29, 0.717) is 11.5 Å². The molecule has 4 rings (SSSR count). The minimum Gasteiger partial charge on any atom is -0.612 e. The maximum atomic E-state index is 13.3. The van der Waals surface area contributed by atoms with E-state index in [1.165, 1.54) is 12.1 Å². The van der Waals surface area contributed by atoms with Crippen molar-refractivity contribution in [2.45, 2.75) is 4.90 Å². The molecule has 27 heavy (non-hydrogen) atoms. The summed E-state index contributed by atoms with van der Waals surface area (Å²) in [6, 6.07) is 19.3. The third kappa shape index (κ3) is 3.63. The van der Waals surface area contributed by atoms with Crippen LogP contribution in [0.15, 0.2) is 77.8 Å². The number of H-pyrrole nitrogens is 1. The SMILES string of the molecule is C[S+]([O-])c1ccc(-c2nc(-c3ccc(F)cc3)c(-c3ccccn3)[nH]2)cc1. The average molecular weight is 377 g/mol. The van der Waals surface area contributed by atoms with Crippen LogP contribution in [0.3, 0.4) is 0 Å². The quantitative estimate of drug-likeness (QED) is 0.525. The van der Waals surface area contributed by atoms with E-state index >= 15 is 0 Å². The molecule has 1 atom stereocenters. The number of pyridine rings is 1. The summed E-state index contributed by atoms with van der Waals surface area (Å²) in [5.41, 5.74) is 3.88. The van der Waals surface area contributed by atoms with Crippen molar-refractivity contribution in [3.05, 3.63) is 78.7 Å². The molecule has 1 unspecified atom stereocenters. The Morgan fingerprint density at radius 1 is 0.926 bits per heavy atom. The predicted molar refractivity (Wildman–Crippen MR) is 105 cm³/mol. The maximum absolute atomic E-state index is 13.3. The molecule has 0 saturated carbocycles. The van der Waals surface area contributed by atoms with Crippen LogP contribution in [0.2, 0.25) is 0 Å². The number of hydrogen-bond donors (Lipinski definition) is 1. The first kappa shape index (κ1) is 17.5. The van der Waals surface area contributed by atoms with Crippen LogP contribution in [0.25, 0.3) is 34.0 Å². The van der Waals surface area contributed by atoms with Gasteiger partial charge in [-0.1, -0.05) is 6.07 Å². The molecule has 0 fully saturated rings. The highest BCUT2D eigenvalue weighted by atomic mass is 32.2. The van der Waals surface area contributed by atoms with Gasteiger partial charge in [0.25, 0.3) is 0 Å². The number of halogens is 1. The second-order valence-corrected chi connectivity index (χ2v) is 7.39. The number of rotatable bonds is 4. The molecule has 0 saturated heterocycles. The summed E-state index contributed by atoms with van der Waals surface area (Å²) in [6.07, 6.45) is 3.36. The zero-order valence-electron chi connectivity index (χ0n) is 14.5. The van der Waals surface area contributed by atoms with Crippen LogP contribution in [0.4, 0.5) is 4.39 Å². The minimum absolute atomic E-state index is 0.294. The minimum atomic E-state index is -1.03. The summed E-state index contributed by atoms with van der Waals surface area (Å²) in [5, 5.41) is 0. The molecule has 0 spiro atoms. The summed E-state index contributed by atoms with van der Waals surface area (Å²) in [6.45, 7) is 0. The summed E-state index contributed by atoms with van der Waals surface area (Å²) in [4.78, 5) is 13.2. The normalized spacial score (nSPS) is 12.1. The molecule has 2 heterocycles. The Balaban J connectivity index is 1.83. The second-order valence-electron chi connectivity index (χ2n) is 6.01. The molecule has 4 nitrogen and oxygen atoms in total. The van der Waals surface area contributed by atoms with E-state index in [1.807, 2.05) is 42.5 Å². The maximum Gasteiger partial charge on any atom is 0.152 e. The fourth-order valence-corrected chi connectivity index (χ4v) is 3.35. The van der Waals surface area contributed by atoms with E-state index in [-0.39, 0.29) is 5.82 Å².